The van der Waals surface area contributed by atoms with Crippen LogP contribution in [0, 0.1) is 5.82 Å². The molecule has 7 nitrogen and oxygen atoms in total. The SMILES string of the molecule is COc1ccc(C2=NN(C(N)=O)C(c3cn(-c4ccccc4)nc3-c3ccc(F)cc3)C2)cc1. The molecule has 0 aliphatic carbocycles. The lowest BCUT2D eigenvalue weighted by Crippen LogP contribution is -2.32. The van der Waals surface area contributed by atoms with Crippen LogP contribution in [-0.4, -0.2) is 33.6 Å². The molecule has 2 N–H and O–H groups in total. The van der Waals surface area contributed by atoms with E-state index in [-0.39, 0.29) is 5.82 Å². The number of ether oxygens (including phenoxy) is 1. The summed E-state index contributed by atoms with van der Waals surface area (Å²) in [5, 5.41) is 10.6. The fourth-order valence-electron chi connectivity index (χ4n) is 4.09. The van der Waals surface area contributed by atoms with E-state index in [1.165, 1.54) is 17.1 Å². The number of hydrogen-bond donors (Lipinski definition) is 1. The molecule has 0 saturated carbocycles. The van der Waals surface area contributed by atoms with Crippen molar-refractivity contribution in [2.75, 3.05) is 7.11 Å². The zero-order valence-corrected chi connectivity index (χ0v) is 18.4. The lowest BCUT2D eigenvalue weighted by molar-refractivity contribution is 0.196. The third kappa shape index (κ3) is 4.01. The number of hydrogen-bond acceptors (Lipinski definition) is 4. The van der Waals surface area contributed by atoms with Crippen LogP contribution in [0.15, 0.2) is 90.2 Å². The van der Waals surface area contributed by atoms with E-state index in [1.54, 1.807) is 23.9 Å². The number of para-hydroxylation sites is 1. The maximum Gasteiger partial charge on any atom is 0.335 e. The molecule has 1 unspecified atom stereocenters. The van der Waals surface area contributed by atoms with Gasteiger partial charge in [0.05, 0.1) is 30.2 Å². The van der Waals surface area contributed by atoms with E-state index in [9.17, 15) is 9.18 Å². The number of carbonyl (C=O) groups excluding carboxylic acids is 1. The van der Waals surface area contributed by atoms with Crippen molar-refractivity contribution in [1.82, 2.24) is 14.8 Å². The van der Waals surface area contributed by atoms with Crippen LogP contribution in [0.1, 0.15) is 23.6 Å². The zero-order chi connectivity index (χ0) is 23.7. The summed E-state index contributed by atoms with van der Waals surface area (Å²) >= 11 is 0. The van der Waals surface area contributed by atoms with Crippen molar-refractivity contribution in [2.45, 2.75) is 12.5 Å². The van der Waals surface area contributed by atoms with Gasteiger partial charge in [-0.05, 0) is 66.2 Å². The molecule has 1 aromatic heterocycles. The number of halogens is 1. The van der Waals surface area contributed by atoms with Crippen LogP contribution in [0.25, 0.3) is 16.9 Å². The molecule has 0 bridgehead atoms. The van der Waals surface area contributed by atoms with Crippen molar-refractivity contribution >= 4 is 11.7 Å². The van der Waals surface area contributed by atoms with Gasteiger partial charge in [0.25, 0.3) is 0 Å². The lowest BCUT2D eigenvalue weighted by Gasteiger charge is -2.19. The Hall–Kier alpha value is -4.46. The van der Waals surface area contributed by atoms with Gasteiger partial charge in [0.15, 0.2) is 0 Å². The highest BCUT2D eigenvalue weighted by molar-refractivity contribution is 6.03. The van der Waals surface area contributed by atoms with Gasteiger partial charge >= 0.3 is 6.03 Å². The van der Waals surface area contributed by atoms with E-state index in [4.69, 9.17) is 15.6 Å². The zero-order valence-electron chi connectivity index (χ0n) is 18.4. The number of nitrogens with zero attached hydrogens (tertiary/aromatic N) is 4. The van der Waals surface area contributed by atoms with Crippen molar-refractivity contribution in [3.8, 4) is 22.7 Å². The molecule has 34 heavy (non-hydrogen) atoms. The first kappa shape index (κ1) is 21.4. The van der Waals surface area contributed by atoms with Gasteiger partial charge in [-0.15, -0.1) is 0 Å². The molecule has 2 amide bonds. The van der Waals surface area contributed by atoms with Gasteiger partial charge in [0.1, 0.15) is 11.6 Å². The number of urea groups is 1. The second kappa shape index (κ2) is 8.82. The van der Waals surface area contributed by atoms with E-state index in [0.717, 1.165) is 33.8 Å². The predicted octanol–water partition coefficient (Wildman–Crippen LogP) is 4.92. The van der Waals surface area contributed by atoms with Crippen molar-refractivity contribution in [3.63, 3.8) is 0 Å². The molecule has 0 saturated heterocycles. The third-order valence-electron chi connectivity index (χ3n) is 5.80. The second-order valence-electron chi connectivity index (χ2n) is 7.90. The number of methoxy groups -OCH3 is 1. The molecule has 0 fully saturated rings. The Bertz CT molecular complexity index is 1350. The normalized spacial score (nSPS) is 15.3. The summed E-state index contributed by atoms with van der Waals surface area (Å²) < 4.78 is 20.6. The quantitative estimate of drug-likeness (QED) is 0.464. The molecular formula is C26H22FN5O2. The summed E-state index contributed by atoms with van der Waals surface area (Å²) in [5.74, 6) is 0.394. The van der Waals surface area contributed by atoms with Gasteiger partial charge in [0.2, 0.25) is 0 Å². The van der Waals surface area contributed by atoms with Crippen LogP contribution in [-0.2, 0) is 0 Å². The third-order valence-corrected chi connectivity index (χ3v) is 5.80. The van der Waals surface area contributed by atoms with Crippen LogP contribution in [0.3, 0.4) is 0 Å². The Morgan fingerprint density at radius 1 is 1.00 bits per heavy atom. The molecule has 3 aromatic carbocycles. The molecule has 8 heteroatoms. The minimum atomic E-state index is -0.661. The number of hydrazone groups is 1. The predicted molar refractivity (Wildman–Crippen MR) is 127 cm³/mol. The van der Waals surface area contributed by atoms with E-state index in [2.05, 4.69) is 5.10 Å². The summed E-state index contributed by atoms with van der Waals surface area (Å²) in [4.78, 5) is 12.4. The molecular weight excluding hydrogens is 433 g/mol. The largest absolute Gasteiger partial charge is 0.497 e. The summed E-state index contributed by atoms with van der Waals surface area (Å²) in [6.07, 6.45) is 2.32. The summed E-state index contributed by atoms with van der Waals surface area (Å²) in [6, 6.07) is 22.1. The van der Waals surface area contributed by atoms with Crippen molar-refractivity contribution < 1.29 is 13.9 Å². The molecule has 2 heterocycles. The number of carbonyl (C=O) groups is 1. The Kier molecular flexibility index (Phi) is 5.55. The maximum atomic E-state index is 13.6. The van der Waals surface area contributed by atoms with Crippen LogP contribution >= 0.6 is 0 Å². The van der Waals surface area contributed by atoms with Gasteiger partial charge in [-0.25, -0.2) is 18.9 Å². The number of amides is 2. The van der Waals surface area contributed by atoms with Gasteiger partial charge in [-0.3, -0.25) is 0 Å². The monoisotopic (exact) mass is 455 g/mol. The second-order valence-corrected chi connectivity index (χ2v) is 7.90. The maximum absolute atomic E-state index is 13.6. The number of rotatable bonds is 5. The highest BCUT2D eigenvalue weighted by atomic mass is 19.1. The van der Waals surface area contributed by atoms with Crippen molar-refractivity contribution in [2.24, 2.45) is 10.8 Å². The fourth-order valence-corrected chi connectivity index (χ4v) is 4.09. The first-order chi connectivity index (χ1) is 16.5. The number of aromatic nitrogens is 2. The van der Waals surface area contributed by atoms with Crippen molar-refractivity contribution in [1.29, 1.82) is 0 Å². The van der Waals surface area contributed by atoms with Gasteiger partial charge in [-0.1, -0.05) is 18.2 Å². The van der Waals surface area contributed by atoms with Crippen molar-refractivity contribution in [3.05, 3.63) is 102 Å². The summed E-state index contributed by atoms with van der Waals surface area (Å²) in [7, 11) is 1.61. The molecule has 170 valence electrons. The van der Waals surface area contributed by atoms with E-state index < -0.39 is 12.1 Å². The average molecular weight is 455 g/mol. The molecule has 4 aromatic rings. The van der Waals surface area contributed by atoms with Gasteiger partial charge in [0, 0.05) is 23.7 Å². The smallest absolute Gasteiger partial charge is 0.335 e. The Morgan fingerprint density at radius 2 is 1.68 bits per heavy atom. The Morgan fingerprint density at radius 3 is 2.32 bits per heavy atom. The highest BCUT2D eigenvalue weighted by Gasteiger charge is 2.35. The number of benzene rings is 3. The molecule has 0 radical (unpaired) electrons. The van der Waals surface area contributed by atoms with E-state index in [0.29, 0.717) is 12.1 Å². The molecule has 1 aliphatic heterocycles. The minimum absolute atomic E-state index is 0.336. The first-order valence-electron chi connectivity index (χ1n) is 10.7. The summed E-state index contributed by atoms with van der Waals surface area (Å²) in [5.41, 5.74) is 10.3. The van der Waals surface area contributed by atoms with E-state index in [1.807, 2.05) is 60.8 Å². The van der Waals surface area contributed by atoms with Gasteiger partial charge < -0.3 is 10.5 Å². The van der Waals surface area contributed by atoms with Crippen LogP contribution in [0.4, 0.5) is 9.18 Å². The van der Waals surface area contributed by atoms with E-state index >= 15 is 0 Å². The van der Waals surface area contributed by atoms with Crippen LogP contribution in [0.2, 0.25) is 0 Å². The van der Waals surface area contributed by atoms with Crippen LogP contribution in [0.5, 0.6) is 5.75 Å². The van der Waals surface area contributed by atoms with Gasteiger partial charge in [-0.2, -0.15) is 10.2 Å². The molecule has 0 spiro atoms. The Balaban J connectivity index is 1.59. The topological polar surface area (TPSA) is 85.7 Å². The first-order valence-corrected chi connectivity index (χ1v) is 10.7. The summed E-state index contributed by atoms with van der Waals surface area (Å²) in [6.45, 7) is 0. The number of nitrogens with two attached hydrogens (primary N) is 1. The minimum Gasteiger partial charge on any atom is -0.497 e. The standard InChI is InChI=1S/C26H22FN5O2/c1-34-21-13-9-17(10-14-21)23-15-24(32(29-23)26(28)33)22-16-31(20-5-3-2-4-6-20)30-25(22)18-7-11-19(27)12-8-18/h2-14,16,24H,15H2,1H3,(H2,28,33). The Labute approximate surface area is 195 Å². The molecule has 1 aliphatic rings. The fraction of sp³-hybridized carbons (Fsp3) is 0.115. The number of primary amides is 1. The lowest BCUT2D eigenvalue weighted by atomic mass is 9.96. The highest BCUT2D eigenvalue weighted by Crippen LogP contribution is 2.38. The molecule has 5 rings (SSSR count). The van der Waals surface area contributed by atoms with Crippen LogP contribution < -0.4 is 10.5 Å². The average Bonchev–Trinajstić information content (AvgIpc) is 3.50. The molecule has 1 atom stereocenters.